The molecule has 0 N–H and O–H groups in total. The summed E-state index contributed by atoms with van der Waals surface area (Å²) < 4.78 is 46.4. The summed E-state index contributed by atoms with van der Waals surface area (Å²) in [6, 6.07) is 10.5. The lowest BCUT2D eigenvalue weighted by atomic mass is 10.0. The minimum absolute atomic E-state index is 0.0968. The number of nitrogens with zero attached hydrogens (tertiary/aromatic N) is 3. The van der Waals surface area contributed by atoms with Crippen LogP contribution in [0, 0.1) is 29.9 Å². The molecule has 40 heavy (non-hydrogen) atoms. The molecule has 1 saturated heterocycles. The van der Waals surface area contributed by atoms with Crippen LogP contribution in [0.25, 0.3) is 11.1 Å². The molecular weight excluding hydrogens is 520 g/mol. The van der Waals surface area contributed by atoms with Gasteiger partial charge < -0.3 is 23.7 Å². The first-order valence-corrected chi connectivity index (χ1v) is 13.0. The number of hydrogen-bond acceptors (Lipinski definition) is 6. The van der Waals surface area contributed by atoms with Gasteiger partial charge in [-0.2, -0.15) is 5.26 Å². The molecule has 0 unspecified atom stereocenters. The molecule has 0 spiro atoms. The van der Waals surface area contributed by atoms with Crippen LogP contribution in [-0.4, -0.2) is 46.8 Å². The second kappa shape index (κ2) is 11.4. The monoisotopic (exact) mass is 551 g/mol. The highest BCUT2D eigenvalue weighted by molar-refractivity contribution is 5.94. The van der Waals surface area contributed by atoms with E-state index in [9.17, 15) is 23.6 Å². The molecule has 1 aliphatic heterocycles. The van der Waals surface area contributed by atoms with Crippen molar-refractivity contribution in [2.75, 3.05) is 19.7 Å². The minimum Gasteiger partial charge on any atom is -0.461 e. The van der Waals surface area contributed by atoms with Crippen molar-refractivity contribution in [2.24, 2.45) is 0 Å². The average molecular weight is 552 g/mol. The Labute approximate surface area is 231 Å². The van der Waals surface area contributed by atoms with Crippen molar-refractivity contribution < 1.29 is 32.6 Å². The molecule has 2 heterocycles. The molecule has 4 rings (SSSR count). The number of aromatic nitrogens is 1. The first kappa shape index (κ1) is 28.6. The van der Waals surface area contributed by atoms with Gasteiger partial charge in [-0.3, -0.25) is 0 Å². The number of esters is 1. The van der Waals surface area contributed by atoms with E-state index in [0.29, 0.717) is 36.2 Å². The van der Waals surface area contributed by atoms with Crippen LogP contribution in [0.4, 0.5) is 13.6 Å². The van der Waals surface area contributed by atoms with Crippen LogP contribution >= 0.6 is 0 Å². The van der Waals surface area contributed by atoms with Crippen LogP contribution in [-0.2, 0) is 9.47 Å². The number of carbonyl (C=O) groups excluding carboxylic acids is 2. The van der Waals surface area contributed by atoms with Gasteiger partial charge in [0.2, 0.25) is 0 Å². The fraction of sp³-hybridized carbons (Fsp3) is 0.367. The van der Waals surface area contributed by atoms with Crippen LogP contribution in [0.3, 0.4) is 0 Å². The maximum Gasteiger partial charge on any atom is 0.410 e. The minimum atomic E-state index is -0.818. The van der Waals surface area contributed by atoms with E-state index in [4.69, 9.17) is 14.2 Å². The van der Waals surface area contributed by atoms with Gasteiger partial charge in [0.25, 0.3) is 0 Å². The predicted octanol–water partition coefficient (Wildman–Crippen LogP) is 6.76. The van der Waals surface area contributed by atoms with Crippen LogP contribution in [0.2, 0.25) is 0 Å². The molecule has 0 bridgehead atoms. The second-order valence-electron chi connectivity index (χ2n) is 10.6. The fourth-order valence-electron chi connectivity index (χ4n) is 4.62. The van der Waals surface area contributed by atoms with Crippen molar-refractivity contribution in [3.05, 3.63) is 71.1 Å². The number of ether oxygens (including phenoxy) is 3. The lowest BCUT2D eigenvalue weighted by Crippen LogP contribution is -2.35. The van der Waals surface area contributed by atoms with E-state index >= 15 is 0 Å². The summed E-state index contributed by atoms with van der Waals surface area (Å²) in [5.74, 6) is -2.60. The van der Waals surface area contributed by atoms with Crippen molar-refractivity contribution in [3.63, 3.8) is 0 Å². The Bertz CT molecular complexity index is 1450. The molecule has 10 heteroatoms. The normalized spacial score (nSPS) is 15.1. The zero-order chi connectivity index (χ0) is 29.2. The number of halogens is 2. The summed E-state index contributed by atoms with van der Waals surface area (Å²) in [4.78, 5) is 27.2. The summed E-state index contributed by atoms with van der Waals surface area (Å²) in [5, 5.41) is 10.1. The van der Waals surface area contributed by atoms with Gasteiger partial charge in [-0.05, 0) is 76.4 Å². The molecule has 1 atom stereocenters. The van der Waals surface area contributed by atoms with Crippen molar-refractivity contribution in [1.29, 1.82) is 5.26 Å². The van der Waals surface area contributed by atoms with E-state index in [0.717, 1.165) is 0 Å². The Morgan fingerprint density at radius 3 is 2.35 bits per heavy atom. The third-order valence-electron chi connectivity index (χ3n) is 6.35. The van der Waals surface area contributed by atoms with E-state index in [2.05, 4.69) is 6.07 Å². The summed E-state index contributed by atoms with van der Waals surface area (Å²) >= 11 is 0. The molecule has 0 radical (unpaired) electrons. The Morgan fingerprint density at radius 1 is 1.12 bits per heavy atom. The molecule has 1 aliphatic rings. The van der Waals surface area contributed by atoms with Crippen LogP contribution < -0.4 is 4.74 Å². The number of hydrogen-bond donors (Lipinski definition) is 0. The van der Waals surface area contributed by atoms with Gasteiger partial charge in [0.15, 0.2) is 17.4 Å². The van der Waals surface area contributed by atoms with Gasteiger partial charge >= 0.3 is 12.1 Å². The maximum absolute atomic E-state index is 14.3. The van der Waals surface area contributed by atoms with Crippen molar-refractivity contribution in [3.8, 4) is 28.7 Å². The molecule has 1 amide bonds. The standard InChI is InChI=1S/C30H31F2N3O5/c1-6-38-28(36)26-22(15-33)23(17-35(26)20-11-12-34(16-20)29(37)40-30(3,4)5)19-7-9-21(10-8-19)39-27-24(31)13-18(2)14-25(27)32/h7-10,13-14,17,20H,6,11-12,16H2,1-5H3/t20-/m1/s1. The fourth-order valence-corrected chi connectivity index (χ4v) is 4.62. The van der Waals surface area contributed by atoms with Crippen molar-refractivity contribution in [1.82, 2.24) is 9.47 Å². The quantitative estimate of drug-likeness (QED) is 0.314. The van der Waals surface area contributed by atoms with Gasteiger partial charge in [0, 0.05) is 24.8 Å². The van der Waals surface area contributed by atoms with Gasteiger partial charge in [-0.1, -0.05) is 12.1 Å². The summed E-state index contributed by atoms with van der Waals surface area (Å²) in [7, 11) is 0. The first-order chi connectivity index (χ1) is 18.9. The van der Waals surface area contributed by atoms with Gasteiger partial charge in [-0.15, -0.1) is 0 Å². The molecular formula is C30H31F2N3O5. The molecule has 1 aromatic heterocycles. The molecule has 0 saturated carbocycles. The Balaban J connectivity index is 1.66. The Morgan fingerprint density at radius 2 is 1.77 bits per heavy atom. The Hall–Kier alpha value is -4.39. The highest BCUT2D eigenvalue weighted by Gasteiger charge is 2.34. The topological polar surface area (TPSA) is 93.8 Å². The third kappa shape index (κ3) is 6.09. The van der Waals surface area contributed by atoms with E-state index < -0.39 is 35.0 Å². The summed E-state index contributed by atoms with van der Waals surface area (Å²) in [6.07, 6.45) is 1.80. The van der Waals surface area contributed by atoms with Gasteiger partial charge in [-0.25, -0.2) is 18.4 Å². The predicted molar refractivity (Wildman–Crippen MR) is 143 cm³/mol. The lowest BCUT2D eigenvalue weighted by Gasteiger charge is -2.24. The van der Waals surface area contributed by atoms with E-state index in [-0.39, 0.29) is 29.7 Å². The maximum atomic E-state index is 14.3. The number of rotatable bonds is 6. The molecule has 0 aliphatic carbocycles. The zero-order valence-electron chi connectivity index (χ0n) is 23.1. The number of benzene rings is 2. The SMILES string of the molecule is CCOC(=O)c1c(C#N)c(-c2ccc(Oc3c(F)cc(C)cc3F)cc2)cn1[C@@H]1CCN(C(=O)OC(C)(C)C)C1. The smallest absolute Gasteiger partial charge is 0.410 e. The van der Waals surface area contributed by atoms with Crippen LogP contribution in [0.5, 0.6) is 11.5 Å². The molecule has 2 aromatic carbocycles. The van der Waals surface area contributed by atoms with Crippen molar-refractivity contribution in [2.45, 2.75) is 52.7 Å². The van der Waals surface area contributed by atoms with Crippen LogP contribution in [0.15, 0.2) is 42.6 Å². The zero-order valence-corrected chi connectivity index (χ0v) is 23.1. The number of likely N-dealkylation sites (tertiary alicyclic amines) is 1. The second-order valence-corrected chi connectivity index (χ2v) is 10.6. The highest BCUT2D eigenvalue weighted by Crippen LogP contribution is 2.36. The molecule has 1 fully saturated rings. The van der Waals surface area contributed by atoms with Gasteiger partial charge in [0.05, 0.1) is 18.2 Å². The van der Waals surface area contributed by atoms with Gasteiger partial charge in [0.1, 0.15) is 23.1 Å². The lowest BCUT2D eigenvalue weighted by molar-refractivity contribution is 0.0289. The third-order valence-corrected chi connectivity index (χ3v) is 6.35. The number of carbonyl (C=O) groups is 2. The summed E-state index contributed by atoms with van der Waals surface area (Å²) in [6.45, 7) is 9.47. The van der Waals surface area contributed by atoms with E-state index in [1.807, 2.05) is 0 Å². The van der Waals surface area contributed by atoms with E-state index in [1.165, 1.54) is 24.3 Å². The molecule has 3 aromatic rings. The first-order valence-electron chi connectivity index (χ1n) is 13.0. The highest BCUT2D eigenvalue weighted by atomic mass is 19.1. The largest absolute Gasteiger partial charge is 0.461 e. The molecule has 8 nitrogen and oxygen atoms in total. The summed E-state index contributed by atoms with van der Waals surface area (Å²) in [5.41, 5.74) is 1.06. The van der Waals surface area contributed by atoms with Crippen LogP contribution in [0.1, 0.15) is 61.8 Å². The average Bonchev–Trinajstić information content (AvgIpc) is 3.51. The number of nitriles is 1. The molecule has 210 valence electrons. The van der Waals surface area contributed by atoms with E-state index in [1.54, 1.807) is 62.4 Å². The van der Waals surface area contributed by atoms with Crippen molar-refractivity contribution >= 4 is 12.1 Å². The Kier molecular flexibility index (Phi) is 8.14. The number of amides is 1. The number of aryl methyl sites for hydroxylation is 1.